The highest BCUT2D eigenvalue weighted by molar-refractivity contribution is 5.79. The second-order valence-electron chi connectivity index (χ2n) is 6.81. The molecule has 0 N–H and O–H groups in total. The maximum atomic E-state index is 12.7. The summed E-state index contributed by atoms with van der Waals surface area (Å²) in [6.07, 6.45) is 5.78. The van der Waals surface area contributed by atoms with Gasteiger partial charge < -0.3 is 9.80 Å². The van der Waals surface area contributed by atoms with Crippen molar-refractivity contribution in [3.63, 3.8) is 0 Å². The van der Waals surface area contributed by atoms with Crippen molar-refractivity contribution in [3.05, 3.63) is 23.9 Å². The Kier molecular flexibility index (Phi) is 4.80. The van der Waals surface area contributed by atoms with Gasteiger partial charge in [0.05, 0.1) is 5.56 Å². The Balaban J connectivity index is 1.55. The molecule has 0 aliphatic carbocycles. The first-order chi connectivity index (χ1) is 11.2. The van der Waals surface area contributed by atoms with Crippen molar-refractivity contribution in [1.82, 2.24) is 9.88 Å². The summed E-state index contributed by atoms with van der Waals surface area (Å²) in [6.45, 7) is 5.81. The second kappa shape index (κ2) is 6.99. The van der Waals surface area contributed by atoms with Crippen molar-refractivity contribution in [2.45, 2.75) is 32.6 Å². The van der Waals surface area contributed by atoms with Gasteiger partial charge in [0.2, 0.25) is 5.91 Å². The molecule has 2 aliphatic heterocycles. The van der Waals surface area contributed by atoms with Gasteiger partial charge in [0.15, 0.2) is 0 Å². The van der Waals surface area contributed by atoms with E-state index in [1.54, 1.807) is 12.3 Å². The summed E-state index contributed by atoms with van der Waals surface area (Å²) in [5, 5.41) is 8.83. The fourth-order valence-corrected chi connectivity index (χ4v) is 3.64. The Hall–Kier alpha value is -2.09. The molecule has 1 aromatic rings. The normalized spacial score (nSPS) is 22.7. The number of likely N-dealkylation sites (tertiary alicyclic amines) is 1. The lowest BCUT2D eigenvalue weighted by atomic mass is 9.93. The van der Waals surface area contributed by atoms with Gasteiger partial charge in [-0.1, -0.05) is 6.92 Å². The van der Waals surface area contributed by atoms with Crippen molar-refractivity contribution in [2.75, 3.05) is 31.1 Å². The van der Waals surface area contributed by atoms with Gasteiger partial charge in [-0.3, -0.25) is 4.79 Å². The summed E-state index contributed by atoms with van der Waals surface area (Å²) < 4.78 is 0. The predicted octanol–water partition coefficient (Wildman–Crippen LogP) is 2.43. The molecule has 0 aromatic carbocycles. The van der Waals surface area contributed by atoms with Crippen LogP contribution in [0.15, 0.2) is 18.3 Å². The average Bonchev–Trinajstić information content (AvgIpc) is 2.61. The Morgan fingerprint density at radius 1 is 1.26 bits per heavy atom. The lowest BCUT2D eigenvalue weighted by molar-refractivity contribution is -0.137. The molecule has 0 saturated carbocycles. The van der Waals surface area contributed by atoms with Gasteiger partial charge in [-0.15, -0.1) is 0 Å². The zero-order chi connectivity index (χ0) is 16.2. The number of aromatic nitrogens is 1. The monoisotopic (exact) mass is 312 g/mol. The molecule has 0 bridgehead atoms. The van der Waals surface area contributed by atoms with E-state index in [1.807, 2.05) is 6.07 Å². The Labute approximate surface area is 137 Å². The standard InChI is InChI=1S/C18H24N4O/c1-14-3-2-8-22(13-14)18(23)16-6-9-21(10-7-16)17-5-4-15(11-19)12-20-17/h4-5,12,14,16H,2-3,6-10,13H2,1H3/t14-/m0/s1. The maximum Gasteiger partial charge on any atom is 0.225 e. The molecule has 2 fully saturated rings. The summed E-state index contributed by atoms with van der Waals surface area (Å²) >= 11 is 0. The zero-order valence-electron chi connectivity index (χ0n) is 13.7. The molecule has 1 amide bonds. The fraction of sp³-hybridized carbons (Fsp3) is 0.611. The van der Waals surface area contributed by atoms with E-state index in [9.17, 15) is 4.79 Å². The molecule has 0 radical (unpaired) electrons. The van der Waals surface area contributed by atoms with Crippen LogP contribution in [0.2, 0.25) is 0 Å². The molecule has 2 aliphatic rings. The fourth-order valence-electron chi connectivity index (χ4n) is 3.64. The van der Waals surface area contributed by atoms with Crippen molar-refractivity contribution in [2.24, 2.45) is 11.8 Å². The number of nitrogens with zero attached hydrogens (tertiary/aromatic N) is 4. The van der Waals surface area contributed by atoms with E-state index >= 15 is 0 Å². The molecular formula is C18H24N4O. The zero-order valence-corrected chi connectivity index (χ0v) is 13.7. The lowest BCUT2D eigenvalue weighted by Gasteiger charge is -2.37. The molecule has 2 saturated heterocycles. The first-order valence-electron chi connectivity index (χ1n) is 8.57. The van der Waals surface area contributed by atoms with E-state index in [4.69, 9.17) is 5.26 Å². The summed E-state index contributed by atoms with van der Waals surface area (Å²) in [5.74, 6) is 2.05. The minimum Gasteiger partial charge on any atom is -0.357 e. The number of pyridine rings is 1. The number of amides is 1. The van der Waals surface area contributed by atoms with Gasteiger partial charge in [0, 0.05) is 38.3 Å². The van der Waals surface area contributed by atoms with E-state index in [0.717, 1.165) is 51.3 Å². The third-order valence-corrected chi connectivity index (χ3v) is 5.01. The molecule has 23 heavy (non-hydrogen) atoms. The smallest absolute Gasteiger partial charge is 0.225 e. The molecule has 0 spiro atoms. The molecule has 3 heterocycles. The topological polar surface area (TPSA) is 60.2 Å². The minimum absolute atomic E-state index is 0.162. The molecule has 1 atom stereocenters. The van der Waals surface area contributed by atoms with Crippen LogP contribution < -0.4 is 4.90 Å². The van der Waals surface area contributed by atoms with Crippen LogP contribution in [0, 0.1) is 23.2 Å². The quantitative estimate of drug-likeness (QED) is 0.841. The third kappa shape index (κ3) is 3.64. The molecule has 3 rings (SSSR count). The van der Waals surface area contributed by atoms with Crippen LogP contribution in [0.4, 0.5) is 5.82 Å². The molecular weight excluding hydrogens is 288 g/mol. The van der Waals surface area contributed by atoms with Gasteiger partial charge in [-0.05, 0) is 43.7 Å². The van der Waals surface area contributed by atoms with E-state index in [1.165, 1.54) is 6.42 Å². The van der Waals surface area contributed by atoms with Crippen molar-refractivity contribution >= 4 is 11.7 Å². The average molecular weight is 312 g/mol. The van der Waals surface area contributed by atoms with Crippen LogP contribution in [0.3, 0.4) is 0 Å². The SMILES string of the molecule is C[C@H]1CCCN(C(=O)C2CCN(c3ccc(C#N)cn3)CC2)C1. The number of anilines is 1. The van der Waals surface area contributed by atoms with Crippen LogP contribution in [0.1, 0.15) is 38.2 Å². The molecule has 1 aromatic heterocycles. The maximum absolute atomic E-state index is 12.7. The van der Waals surface area contributed by atoms with Crippen LogP contribution >= 0.6 is 0 Å². The number of rotatable bonds is 2. The summed E-state index contributed by atoms with van der Waals surface area (Å²) in [7, 11) is 0. The molecule has 122 valence electrons. The highest BCUT2D eigenvalue weighted by atomic mass is 16.2. The van der Waals surface area contributed by atoms with Gasteiger partial charge in [0.25, 0.3) is 0 Å². The van der Waals surface area contributed by atoms with Crippen molar-refractivity contribution in [1.29, 1.82) is 5.26 Å². The number of nitriles is 1. The van der Waals surface area contributed by atoms with E-state index in [-0.39, 0.29) is 5.92 Å². The third-order valence-electron chi connectivity index (χ3n) is 5.01. The van der Waals surface area contributed by atoms with Gasteiger partial charge >= 0.3 is 0 Å². The summed E-state index contributed by atoms with van der Waals surface area (Å²) in [5.41, 5.74) is 0.582. The molecule has 5 heteroatoms. The Morgan fingerprint density at radius 2 is 2.04 bits per heavy atom. The number of piperidine rings is 2. The van der Waals surface area contributed by atoms with Crippen LogP contribution in [0.5, 0.6) is 0 Å². The predicted molar refractivity (Wildman–Crippen MR) is 88.9 cm³/mol. The number of carbonyl (C=O) groups excluding carboxylic acids is 1. The van der Waals surface area contributed by atoms with Gasteiger partial charge in [0.1, 0.15) is 11.9 Å². The van der Waals surface area contributed by atoms with Gasteiger partial charge in [-0.25, -0.2) is 4.98 Å². The minimum atomic E-state index is 0.162. The van der Waals surface area contributed by atoms with Crippen LogP contribution in [-0.2, 0) is 4.79 Å². The highest BCUT2D eigenvalue weighted by Gasteiger charge is 2.30. The van der Waals surface area contributed by atoms with E-state index < -0.39 is 0 Å². The molecule has 0 unspecified atom stereocenters. The second-order valence-corrected chi connectivity index (χ2v) is 6.81. The molecule has 5 nitrogen and oxygen atoms in total. The number of hydrogen-bond donors (Lipinski definition) is 0. The Morgan fingerprint density at radius 3 is 2.65 bits per heavy atom. The number of hydrogen-bond acceptors (Lipinski definition) is 4. The summed E-state index contributed by atoms with van der Waals surface area (Å²) in [4.78, 5) is 21.3. The summed E-state index contributed by atoms with van der Waals surface area (Å²) in [6, 6.07) is 5.78. The van der Waals surface area contributed by atoms with E-state index in [2.05, 4.69) is 27.8 Å². The highest BCUT2D eigenvalue weighted by Crippen LogP contribution is 2.25. The Bertz CT molecular complexity index is 584. The largest absolute Gasteiger partial charge is 0.357 e. The lowest BCUT2D eigenvalue weighted by Crippen LogP contribution is -2.46. The van der Waals surface area contributed by atoms with Crippen molar-refractivity contribution < 1.29 is 4.79 Å². The van der Waals surface area contributed by atoms with Gasteiger partial charge in [-0.2, -0.15) is 5.26 Å². The first kappa shape index (κ1) is 15.8. The number of carbonyl (C=O) groups is 1. The van der Waals surface area contributed by atoms with Crippen LogP contribution in [-0.4, -0.2) is 42.0 Å². The van der Waals surface area contributed by atoms with Crippen LogP contribution in [0.25, 0.3) is 0 Å². The van der Waals surface area contributed by atoms with E-state index in [0.29, 0.717) is 17.4 Å². The van der Waals surface area contributed by atoms with Crippen molar-refractivity contribution in [3.8, 4) is 6.07 Å². The first-order valence-corrected chi connectivity index (χ1v) is 8.57.